The number of nitrogens with zero attached hydrogens (tertiary/aromatic N) is 6. The molecule has 2 saturated heterocycles. The van der Waals surface area contributed by atoms with Gasteiger partial charge in [-0.1, -0.05) is 5.16 Å². The third-order valence-corrected chi connectivity index (χ3v) is 5.33. The van der Waals surface area contributed by atoms with Gasteiger partial charge in [-0.15, -0.1) is 0 Å². The van der Waals surface area contributed by atoms with Crippen LogP contribution in [0.15, 0.2) is 22.9 Å². The first kappa shape index (κ1) is 17.9. The summed E-state index contributed by atoms with van der Waals surface area (Å²) in [5, 5.41) is 4.11. The minimum Gasteiger partial charge on any atom is -0.357 e. The maximum Gasteiger partial charge on any atom is 0.241 e. The first-order valence-electron chi connectivity index (χ1n) is 9.71. The van der Waals surface area contributed by atoms with E-state index in [9.17, 15) is 4.79 Å². The molecule has 0 aliphatic carbocycles. The van der Waals surface area contributed by atoms with Gasteiger partial charge in [0, 0.05) is 58.0 Å². The summed E-state index contributed by atoms with van der Waals surface area (Å²) in [6.45, 7) is 7.52. The molecule has 0 saturated carbocycles. The van der Waals surface area contributed by atoms with Gasteiger partial charge >= 0.3 is 0 Å². The Balaban J connectivity index is 1.35. The second kappa shape index (κ2) is 8.04. The minimum absolute atomic E-state index is 0.134. The summed E-state index contributed by atoms with van der Waals surface area (Å²) in [5.74, 6) is 2.33. The maximum absolute atomic E-state index is 11.4. The van der Waals surface area contributed by atoms with Gasteiger partial charge < -0.3 is 14.3 Å². The van der Waals surface area contributed by atoms with Crippen LogP contribution >= 0.6 is 0 Å². The number of hydrogen-bond donors (Lipinski definition) is 0. The Morgan fingerprint density at radius 2 is 1.85 bits per heavy atom. The molecule has 144 valence electrons. The highest BCUT2D eigenvalue weighted by molar-refractivity contribution is 5.73. The SMILES string of the molecule is CC(=O)N1CCN(Cc2nc(-c3ccc(N4CCCCC4)nc3)no2)CC1. The van der Waals surface area contributed by atoms with E-state index in [1.807, 2.05) is 23.2 Å². The standard InChI is InChI=1S/C19H26N6O2/c1-15(26)24-11-9-23(10-12-24)14-18-21-19(22-27-18)16-5-6-17(20-13-16)25-7-3-2-4-8-25/h5-6,13H,2-4,7-12,14H2,1H3. The van der Waals surface area contributed by atoms with Crippen molar-refractivity contribution >= 4 is 11.7 Å². The molecule has 4 heterocycles. The lowest BCUT2D eigenvalue weighted by Gasteiger charge is -2.33. The second-order valence-corrected chi connectivity index (χ2v) is 7.25. The van der Waals surface area contributed by atoms with Gasteiger partial charge in [-0.3, -0.25) is 9.69 Å². The molecule has 0 spiro atoms. The van der Waals surface area contributed by atoms with Crippen molar-refractivity contribution in [3.63, 3.8) is 0 Å². The van der Waals surface area contributed by atoms with Crippen molar-refractivity contribution in [3.8, 4) is 11.4 Å². The Morgan fingerprint density at radius 1 is 1.07 bits per heavy atom. The van der Waals surface area contributed by atoms with Crippen LogP contribution in [0.4, 0.5) is 5.82 Å². The zero-order valence-electron chi connectivity index (χ0n) is 15.8. The lowest BCUT2D eigenvalue weighted by Crippen LogP contribution is -2.47. The molecule has 1 amide bonds. The van der Waals surface area contributed by atoms with Gasteiger partial charge in [0.1, 0.15) is 5.82 Å². The Labute approximate surface area is 159 Å². The van der Waals surface area contributed by atoms with Crippen molar-refractivity contribution in [1.29, 1.82) is 0 Å². The van der Waals surface area contributed by atoms with E-state index in [1.165, 1.54) is 19.3 Å². The number of pyridine rings is 1. The summed E-state index contributed by atoms with van der Waals surface area (Å²) in [6, 6.07) is 4.05. The molecule has 0 aromatic carbocycles. The van der Waals surface area contributed by atoms with Gasteiger partial charge in [0.25, 0.3) is 0 Å². The predicted molar refractivity (Wildman–Crippen MR) is 101 cm³/mol. The molecule has 27 heavy (non-hydrogen) atoms. The average molecular weight is 370 g/mol. The van der Waals surface area contributed by atoms with Gasteiger partial charge in [-0.05, 0) is 31.4 Å². The number of amides is 1. The summed E-state index contributed by atoms with van der Waals surface area (Å²) in [6.07, 6.45) is 5.60. The summed E-state index contributed by atoms with van der Waals surface area (Å²) >= 11 is 0. The molecule has 2 aliphatic heterocycles. The number of aromatic nitrogens is 3. The topological polar surface area (TPSA) is 78.6 Å². The molecule has 8 heteroatoms. The van der Waals surface area contributed by atoms with E-state index in [2.05, 4.69) is 24.9 Å². The first-order chi connectivity index (χ1) is 13.2. The first-order valence-corrected chi connectivity index (χ1v) is 9.71. The van der Waals surface area contributed by atoms with Crippen molar-refractivity contribution in [1.82, 2.24) is 24.9 Å². The molecule has 2 aliphatic rings. The van der Waals surface area contributed by atoms with Gasteiger partial charge in [0.15, 0.2) is 0 Å². The number of hydrogen-bond acceptors (Lipinski definition) is 7. The van der Waals surface area contributed by atoms with Gasteiger partial charge in [-0.25, -0.2) is 4.98 Å². The van der Waals surface area contributed by atoms with E-state index in [4.69, 9.17) is 4.52 Å². The zero-order chi connectivity index (χ0) is 18.6. The molecule has 4 rings (SSSR count). The van der Waals surface area contributed by atoms with Crippen LogP contribution in [0.2, 0.25) is 0 Å². The molecule has 8 nitrogen and oxygen atoms in total. The molecule has 2 aromatic heterocycles. The molecule has 0 unspecified atom stereocenters. The van der Waals surface area contributed by atoms with Gasteiger partial charge in [0.2, 0.25) is 17.6 Å². The Bertz CT molecular complexity index is 761. The van der Waals surface area contributed by atoms with Crippen molar-refractivity contribution in [2.75, 3.05) is 44.2 Å². The molecule has 0 radical (unpaired) electrons. The van der Waals surface area contributed by atoms with E-state index in [-0.39, 0.29) is 5.91 Å². The summed E-state index contributed by atoms with van der Waals surface area (Å²) in [4.78, 5) is 26.9. The number of piperazine rings is 1. The minimum atomic E-state index is 0.134. The summed E-state index contributed by atoms with van der Waals surface area (Å²) in [7, 11) is 0. The fraction of sp³-hybridized carbons (Fsp3) is 0.579. The number of carbonyl (C=O) groups is 1. The molecular weight excluding hydrogens is 344 g/mol. The number of carbonyl (C=O) groups excluding carboxylic acids is 1. The lowest BCUT2D eigenvalue weighted by atomic mass is 10.1. The normalized spacial score (nSPS) is 18.7. The number of piperidine rings is 1. The highest BCUT2D eigenvalue weighted by Gasteiger charge is 2.21. The second-order valence-electron chi connectivity index (χ2n) is 7.25. The smallest absolute Gasteiger partial charge is 0.241 e. The number of rotatable bonds is 4. The molecule has 0 atom stereocenters. The highest BCUT2D eigenvalue weighted by atomic mass is 16.5. The predicted octanol–water partition coefficient (Wildman–Crippen LogP) is 1.79. The molecular formula is C19H26N6O2. The average Bonchev–Trinajstić information content (AvgIpc) is 3.18. The van der Waals surface area contributed by atoms with Crippen LogP contribution in [0.1, 0.15) is 32.1 Å². The summed E-state index contributed by atoms with van der Waals surface area (Å²) in [5.41, 5.74) is 0.868. The van der Waals surface area contributed by atoms with E-state index in [0.717, 1.165) is 50.6 Å². The van der Waals surface area contributed by atoms with Crippen LogP contribution in [0.5, 0.6) is 0 Å². The molecule has 0 bridgehead atoms. The summed E-state index contributed by atoms with van der Waals surface area (Å²) < 4.78 is 5.42. The van der Waals surface area contributed by atoms with Crippen molar-refractivity contribution < 1.29 is 9.32 Å². The number of anilines is 1. The highest BCUT2D eigenvalue weighted by Crippen LogP contribution is 2.21. The Hall–Kier alpha value is -2.48. The fourth-order valence-corrected chi connectivity index (χ4v) is 3.68. The van der Waals surface area contributed by atoms with Crippen molar-refractivity contribution in [2.45, 2.75) is 32.7 Å². The van der Waals surface area contributed by atoms with Crippen molar-refractivity contribution in [2.24, 2.45) is 0 Å². The van der Waals surface area contributed by atoms with Crippen LogP contribution in [0.25, 0.3) is 11.4 Å². The fourth-order valence-electron chi connectivity index (χ4n) is 3.68. The van der Waals surface area contributed by atoms with Crippen LogP contribution in [0, 0.1) is 0 Å². The third kappa shape index (κ3) is 4.27. The maximum atomic E-state index is 11.4. The van der Waals surface area contributed by atoms with E-state index in [0.29, 0.717) is 18.3 Å². The van der Waals surface area contributed by atoms with Crippen LogP contribution < -0.4 is 4.90 Å². The quantitative estimate of drug-likeness (QED) is 0.812. The van der Waals surface area contributed by atoms with E-state index < -0.39 is 0 Å². The Morgan fingerprint density at radius 3 is 2.52 bits per heavy atom. The van der Waals surface area contributed by atoms with Crippen LogP contribution in [-0.4, -0.2) is 70.1 Å². The third-order valence-electron chi connectivity index (χ3n) is 5.33. The van der Waals surface area contributed by atoms with Crippen LogP contribution in [0.3, 0.4) is 0 Å². The zero-order valence-corrected chi connectivity index (χ0v) is 15.8. The van der Waals surface area contributed by atoms with Crippen molar-refractivity contribution in [3.05, 3.63) is 24.2 Å². The van der Waals surface area contributed by atoms with E-state index in [1.54, 1.807) is 6.92 Å². The van der Waals surface area contributed by atoms with Gasteiger partial charge in [0.05, 0.1) is 6.54 Å². The lowest BCUT2D eigenvalue weighted by molar-refractivity contribution is -0.130. The largest absolute Gasteiger partial charge is 0.357 e. The molecule has 0 N–H and O–H groups in total. The monoisotopic (exact) mass is 370 g/mol. The molecule has 2 fully saturated rings. The van der Waals surface area contributed by atoms with E-state index >= 15 is 0 Å². The molecule has 2 aromatic rings. The van der Waals surface area contributed by atoms with Crippen LogP contribution in [-0.2, 0) is 11.3 Å². The van der Waals surface area contributed by atoms with Gasteiger partial charge in [-0.2, -0.15) is 4.98 Å². The Kier molecular flexibility index (Phi) is 5.33.